The van der Waals surface area contributed by atoms with Gasteiger partial charge in [-0.05, 0) is 32.4 Å². The van der Waals surface area contributed by atoms with Gasteiger partial charge in [-0.25, -0.2) is 9.97 Å². The summed E-state index contributed by atoms with van der Waals surface area (Å²) in [6.07, 6.45) is 3.48. The van der Waals surface area contributed by atoms with E-state index in [1.165, 1.54) is 12.8 Å². The first-order valence-electron chi connectivity index (χ1n) is 5.78. The number of halogens is 1. The maximum absolute atomic E-state index is 12.1. The van der Waals surface area contributed by atoms with Crippen LogP contribution < -0.4 is 5.32 Å². The highest BCUT2D eigenvalue weighted by atomic mass is 35.5. The number of nitrogens with zero attached hydrogens (tertiary/aromatic N) is 2. The Bertz CT molecular complexity index is 401. The van der Waals surface area contributed by atoms with Crippen molar-refractivity contribution in [2.75, 3.05) is 12.3 Å². The lowest BCUT2D eigenvalue weighted by Gasteiger charge is -2.22. The van der Waals surface area contributed by atoms with E-state index in [0.717, 1.165) is 18.7 Å². The Morgan fingerprint density at radius 3 is 3.00 bits per heavy atom. The van der Waals surface area contributed by atoms with E-state index in [-0.39, 0.29) is 0 Å². The fourth-order valence-electron chi connectivity index (χ4n) is 1.93. The number of aryl methyl sites for hydroxylation is 1. The molecule has 2 heterocycles. The first-order valence-corrected chi connectivity index (χ1v) is 7.48. The lowest BCUT2D eigenvalue weighted by atomic mass is 10.1. The van der Waals surface area contributed by atoms with Crippen LogP contribution in [0.1, 0.15) is 25.0 Å². The topological polar surface area (TPSA) is 54.9 Å². The predicted molar refractivity (Wildman–Crippen MR) is 68.7 cm³/mol. The third-order valence-corrected chi connectivity index (χ3v) is 4.26. The molecule has 1 saturated heterocycles. The molecule has 0 saturated carbocycles. The number of hydrogen-bond acceptors (Lipinski definition) is 4. The van der Waals surface area contributed by atoms with E-state index < -0.39 is 10.8 Å². The average molecular weight is 274 g/mol. The van der Waals surface area contributed by atoms with Gasteiger partial charge in [0.2, 0.25) is 5.16 Å². The van der Waals surface area contributed by atoms with Gasteiger partial charge in [0.05, 0.1) is 10.8 Å². The number of piperidine rings is 1. The molecule has 1 aliphatic heterocycles. The summed E-state index contributed by atoms with van der Waals surface area (Å²) in [6.45, 7) is 2.84. The van der Waals surface area contributed by atoms with Crippen LogP contribution in [0, 0.1) is 6.92 Å². The summed E-state index contributed by atoms with van der Waals surface area (Å²) in [5.41, 5.74) is 0.755. The van der Waals surface area contributed by atoms with Crippen molar-refractivity contribution in [1.29, 1.82) is 0 Å². The van der Waals surface area contributed by atoms with Crippen molar-refractivity contribution in [3.05, 3.63) is 16.9 Å². The second-order valence-corrected chi connectivity index (χ2v) is 6.05. The molecule has 1 aliphatic rings. The first kappa shape index (κ1) is 12.9. The van der Waals surface area contributed by atoms with Gasteiger partial charge in [0, 0.05) is 17.5 Å². The van der Waals surface area contributed by atoms with Crippen LogP contribution in [0.2, 0.25) is 5.15 Å². The maximum atomic E-state index is 12.1. The average Bonchev–Trinajstić information content (AvgIpc) is 2.29. The molecule has 0 bridgehead atoms. The third-order valence-electron chi connectivity index (χ3n) is 2.77. The molecule has 1 fully saturated rings. The van der Waals surface area contributed by atoms with E-state index in [1.807, 2.05) is 6.92 Å². The molecule has 2 atom stereocenters. The molecule has 1 N–H and O–H groups in total. The van der Waals surface area contributed by atoms with Crippen molar-refractivity contribution in [3.63, 3.8) is 0 Å². The predicted octanol–water partition coefficient (Wildman–Crippen LogP) is 1.69. The van der Waals surface area contributed by atoms with Crippen molar-refractivity contribution >= 4 is 22.4 Å². The lowest BCUT2D eigenvalue weighted by molar-refractivity contribution is 0.427. The quantitative estimate of drug-likeness (QED) is 0.673. The molecule has 0 radical (unpaired) electrons. The van der Waals surface area contributed by atoms with Gasteiger partial charge in [0.1, 0.15) is 5.15 Å². The second-order valence-electron chi connectivity index (χ2n) is 4.27. The van der Waals surface area contributed by atoms with Crippen LogP contribution in [-0.2, 0) is 10.8 Å². The Morgan fingerprint density at radius 1 is 1.53 bits per heavy atom. The van der Waals surface area contributed by atoms with Crippen molar-refractivity contribution < 1.29 is 4.21 Å². The van der Waals surface area contributed by atoms with E-state index in [2.05, 4.69) is 15.3 Å². The maximum Gasteiger partial charge on any atom is 0.220 e. The van der Waals surface area contributed by atoms with Gasteiger partial charge < -0.3 is 5.32 Å². The highest BCUT2D eigenvalue weighted by Gasteiger charge is 2.18. The van der Waals surface area contributed by atoms with Crippen molar-refractivity contribution in [3.8, 4) is 0 Å². The van der Waals surface area contributed by atoms with Crippen molar-refractivity contribution in [2.45, 2.75) is 37.4 Å². The van der Waals surface area contributed by atoms with Gasteiger partial charge >= 0.3 is 0 Å². The van der Waals surface area contributed by atoms with Gasteiger partial charge in [-0.15, -0.1) is 0 Å². The van der Waals surface area contributed by atoms with Crippen LogP contribution in [0.5, 0.6) is 0 Å². The number of hydrogen-bond donors (Lipinski definition) is 1. The molecular formula is C11H16ClN3OS. The first-order chi connectivity index (χ1) is 8.15. The Kier molecular flexibility index (Phi) is 4.48. The molecule has 0 aliphatic carbocycles. The zero-order chi connectivity index (χ0) is 12.3. The van der Waals surface area contributed by atoms with Crippen LogP contribution in [-0.4, -0.2) is 32.5 Å². The largest absolute Gasteiger partial charge is 0.313 e. The van der Waals surface area contributed by atoms with Crippen LogP contribution >= 0.6 is 11.6 Å². The van der Waals surface area contributed by atoms with Crippen LogP contribution in [0.25, 0.3) is 0 Å². The van der Waals surface area contributed by atoms with Crippen LogP contribution in [0.4, 0.5) is 0 Å². The second kappa shape index (κ2) is 5.89. The number of rotatable bonds is 3. The Balaban J connectivity index is 2.03. The molecule has 17 heavy (non-hydrogen) atoms. The highest BCUT2D eigenvalue weighted by molar-refractivity contribution is 7.84. The van der Waals surface area contributed by atoms with Gasteiger partial charge in [-0.2, -0.15) is 0 Å². The SMILES string of the molecule is Cc1cc(Cl)nc([S@](=O)C[C@H]2CCCCN2)n1. The van der Waals surface area contributed by atoms with E-state index in [0.29, 0.717) is 22.1 Å². The minimum atomic E-state index is -1.17. The smallest absolute Gasteiger partial charge is 0.220 e. The summed E-state index contributed by atoms with van der Waals surface area (Å²) in [6, 6.07) is 1.98. The fourth-order valence-corrected chi connectivity index (χ4v) is 3.46. The molecule has 1 aromatic rings. The van der Waals surface area contributed by atoms with Crippen LogP contribution in [0.15, 0.2) is 11.2 Å². The fraction of sp³-hybridized carbons (Fsp3) is 0.636. The Hall–Kier alpha value is -0.520. The molecule has 0 unspecified atom stereocenters. The number of nitrogens with one attached hydrogen (secondary N) is 1. The van der Waals surface area contributed by atoms with E-state index in [9.17, 15) is 4.21 Å². The molecule has 6 heteroatoms. The summed E-state index contributed by atoms with van der Waals surface area (Å²) >= 11 is 5.84. The highest BCUT2D eigenvalue weighted by Crippen LogP contribution is 2.13. The zero-order valence-corrected chi connectivity index (χ0v) is 11.4. The molecule has 94 valence electrons. The lowest BCUT2D eigenvalue weighted by Crippen LogP contribution is -2.38. The molecule has 0 aromatic carbocycles. The van der Waals surface area contributed by atoms with Crippen molar-refractivity contribution in [2.24, 2.45) is 0 Å². The van der Waals surface area contributed by atoms with Crippen molar-refractivity contribution in [1.82, 2.24) is 15.3 Å². The molecule has 1 aromatic heterocycles. The Morgan fingerprint density at radius 2 is 2.35 bits per heavy atom. The monoisotopic (exact) mass is 273 g/mol. The minimum Gasteiger partial charge on any atom is -0.313 e. The van der Waals surface area contributed by atoms with Gasteiger partial charge in [0.25, 0.3) is 0 Å². The minimum absolute atomic E-state index is 0.312. The third kappa shape index (κ3) is 3.72. The molecule has 0 spiro atoms. The summed E-state index contributed by atoms with van der Waals surface area (Å²) in [5, 5.41) is 4.08. The molecule has 0 amide bonds. The standard InChI is InChI=1S/C11H16ClN3OS/c1-8-6-10(12)15-11(14-8)17(16)7-9-4-2-3-5-13-9/h6,9,13H,2-5,7H2,1H3/t9-,17-/m1/s1. The summed E-state index contributed by atoms with van der Waals surface area (Å²) < 4.78 is 12.1. The Labute approximate surface area is 109 Å². The summed E-state index contributed by atoms with van der Waals surface area (Å²) in [7, 11) is -1.17. The van der Waals surface area contributed by atoms with Gasteiger partial charge in [-0.1, -0.05) is 18.0 Å². The van der Waals surface area contributed by atoms with Gasteiger partial charge in [-0.3, -0.25) is 4.21 Å². The molecule has 2 rings (SSSR count). The summed E-state index contributed by atoms with van der Waals surface area (Å²) in [4.78, 5) is 8.20. The molecular weight excluding hydrogens is 258 g/mol. The van der Waals surface area contributed by atoms with Crippen LogP contribution in [0.3, 0.4) is 0 Å². The van der Waals surface area contributed by atoms with Gasteiger partial charge in [0.15, 0.2) is 0 Å². The summed E-state index contributed by atoms with van der Waals surface area (Å²) in [5.74, 6) is 0.569. The normalized spacial score (nSPS) is 22.4. The molecule has 4 nitrogen and oxygen atoms in total. The van der Waals surface area contributed by atoms with E-state index >= 15 is 0 Å². The number of aromatic nitrogens is 2. The van der Waals surface area contributed by atoms with E-state index in [4.69, 9.17) is 11.6 Å². The van der Waals surface area contributed by atoms with E-state index in [1.54, 1.807) is 6.07 Å². The zero-order valence-electron chi connectivity index (χ0n) is 9.78.